The summed E-state index contributed by atoms with van der Waals surface area (Å²) in [6, 6.07) is 11.1. The first-order valence-electron chi connectivity index (χ1n) is 10.9. The number of ether oxygens (including phenoxy) is 1. The lowest BCUT2D eigenvalue weighted by atomic mass is 10.0. The number of sulfonamides is 1. The summed E-state index contributed by atoms with van der Waals surface area (Å²) in [5, 5.41) is 2.83. The molecule has 1 aliphatic heterocycles. The molecule has 8 nitrogen and oxygen atoms in total. The molecule has 2 N–H and O–H groups in total. The van der Waals surface area contributed by atoms with Crippen LogP contribution in [-0.4, -0.2) is 39.9 Å². The second-order valence-corrected chi connectivity index (χ2v) is 10.3. The minimum absolute atomic E-state index is 0.0759. The third-order valence-corrected chi connectivity index (χ3v) is 7.05. The van der Waals surface area contributed by atoms with Crippen LogP contribution in [0.15, 0.2) is 47.4 Å². The van der Waals surface area contributed by atoms with Crippen molar-refractivity contribution in [2.45, 2.75) is 51.1 Å². The lowest BCUT2D eigenvalue weighted by Gasteiger charge is -2.21. The lowest BCUT2D eigenvalue weighted by Crippen LogP contribution is -2.47. The molecule has 1 heterocycles. The van der Waals surface area contributed by atoms with Crippen LogP contribution in [0.3, 0.4) is 0 Å². The number of anilines is 1. The molecule has 0 spiro atoms. The van der Waals surface area contributed by atoms with Gasteiger partial charge in [-0.15, -0.1) is 0 Å². The second-order valence-electron chi connectivity index (χ2n) is 8.58. The van der Waals surface area contributed by atoms with Gasteiger partial charge in [0.2, 0.25) is 21.8 Å². The fourth-order valence-corrected chi connectivity index (χ4v) is 5.12. The van der Waals surface area contributed by atoms with Crippen molar-refractivity contribution in [3.8, 4) is 5.75 Å². The van der Waals surface area contributed by atoms with E-state index in [2.05, 4.69) is 10.0 Å². The predicted molar refractivity (Wildman–Crippen MR) is 127 cm³/mol. The molecule has 2 aromatic rings. The minimum atomic E-state index is -3.93. The molecule has 0 aliphatic carbocycles. The highest BCUT2D eigenvalue weighted by atomic mass is 32.2. The van der Waals surface area contributed by atoms with E-state index in [0.29, 0.717) is 19.4 Å². The van der Waals surface area contributed by atoms with Crippen LogP contribution in [-0.2, 0) is 32.6 Å². The Hall–Kier alpha value is -2.91. The van der Waals surface area contributed by atoms with Crippen molar-refractivity contribution < 1.29 is 22.7 Å². The summed E-state index contributed by atoms with van der Waals surface area (Å²) in [7, 11) is -2.35. The summed E-state index contributed by atoms with van der Waals surface area (Å²) in [5.41, 5.74) is 2.42. The molecule has 178 valence electrons. The number of benzene rings is 2. The van der Waals surface area contributed by atoms with Crippen molar-refractivity contribution in [1.29, 1.82) is 0 Å². The van der Waals surface area contributed by atoms with Gasteiger partial charge in [0.15, 0.2) is 0 Å². The highest BCUT2D eigenvalue weighted by molar-refractivity contribution is 7.89. The van der Waals surface area contributed by atoms with E-state index < -0.39 is 16.1 Å². The van der Waals surface area contributed by atoms with Gasteiger partial charge < -0.3 is 15.0 Å². The number of methoxy groups -OCH3 is 1. The van der Waals surface area contributed by atoms with Crippen molar-refractivity contribution in [3.05, 3.63) is 53.6 Å². The number of rotatable bonds is 9. The number of carbonyl (C=O) groups is 2. The van der Waals surface area contributed by atoms with E-state index in [9.17, 15) is 18.0 Å². The van der Waals surface area contributed by atoms with E-state index >= 15 is 0 Å². The summed E-state index contributed by atoms with van der Waals surface area (Å²) in [4.78, 5) is 26.4. The summed E-state index contributed by atoms with van der Waals surface area (Å²) in [5.74, 6) is 0.366. The molecular formula is C24H31N3O5S. The van der Waals surface area contributed by atoms with E-state index in [4.69, 9.17) is 4.74 Å². The number of amides is 2. The molecule has 9 heteroatoms. The number of hydrogen-bond acceptors (Lipinski definition) is 5. The summed E-state index contributed by atoms with van der Waals surface area (Å²) < 4.78 is 33.9. The fraction of sp³-hybridized carbons (Fsp3) is 0.417. The van der Waals surface area contributed by atoms with E-state index in [0.717, 1.165) is 22.6 Å². The highest BCUT2D eigenvalue weighted by Gasteiger charge is 2.29. The average molecular weight is 474 g/mol. The Kier molecular flexibility index (Phi) is 7.76. The minimum Gasteiger partial charge on any atom is -0.497 e. The Labute approximate surface area is 195 Å². The van der Waals surface area contributed by atoms with Gasteiger partial charge in [-0.3, -0.25) is 9.59 Å². The van der Waals surface area contributed by atoms with Crippen molar-refractivity contribution >= 4 is 27.5 Å². The van der Waals surface area contributed by atoms with Crippen LogP contribution in [0, 0.1) is 5.92 Å². The highest BCUT2D eigenvalue weighted by Crippen LogP contribution is 2.30. The van der Waals surface area contributed by atoms with E-state index in [-0.39, 0.29) is 29.2 Å². The average Bonchev–Trinajstić information content (AvgIpc) is 3.20. The third kappa shape index (κ3) is 6.11. The number of hydrogen-bond donors (Lipinski definition) is 2. The van der Waals surface area contributed by atoms with Gasteiger partial charge in [-0.05, 0) is 60.2 Å². The quantitative estimate of drug-likeness (QED) is 0.583. The Morgan fingerprint density at radius 1 is 1.12 bits per heavy atom. The van der Waals surface area contributed by atoms with Crippen LogP contribution >= 0.6 is 0 Å². The zero-order valence-electron chi connectivity index (χ0n) is 19.4. The Morgan fingerprint density at radius 3 is 2.42 bits per heavy atom. The number of fused-ring (bicyclic) bond motifs is 1. The standard InChI is InChI=1S/C24H31N3O5S/c1-16(2)13-22(24(29)25-15-18-5-7-20(32-4)8-6-18)26-33(30,31)21-9-10-23-19(14-21)11-12-27(23)17(3)28/h5-10,14,16,22,26H,11-13,15H2,1-4H3,(H,25,29)/t22-/m1/s1. The van der Waals surface area contributed by atoms with Crippen molar-refractivity contribution in [2.75, 3.05) is 18.6 Å². The normalized spacial score (nSPS) is 14.2. The van der Waals surface area contributed by atoms with Crippen molar-refractivity contribution in [1.82, 2.24) is 10.0 Å². The van der Waals surface area contributed by atoms with Gasteiger partial charge in [-0.2, -0.15) is 4.72 Å². The molecule has 0 fully saturated rings. The third-order valence-electron chi connectivity index (χ3n) is 5.58. The van der Waals surface area contributed by atoms with Crippen molar-refractivity contribution in [3.63, 3.8) is 0 Å². The molecule has 0 bridgehead atoms. The lowest BCUT2D eigenvalue weighted by molar-refractivity contribution is -0.123. The van der Waals surface area contributed by atoms with Crippen LogP contribution in [0.25, 0.3) is 0 Å². The van der Waals surface area contributed by atoms with Crippen LogP contribution in [0.5, 0.6) is 5.75 Å². The Bertz CT molecular complexity index is 1110. The molecule has 0 saturated heterocycles. The maximum atomic E-state index is 13.1. The topological polar surface area (TPSA) is 105 Å². The first kappa shape index (κ1) is 24.7. The summed E-state index contributed by atoms with van der Waals surface area (Å²) in [6.45, 7) is 6.17. The molecule has 33 heavy (non-hydrogen) atoms. The SMILES string of the molecule is COc1ccc(CNC(=O)[C@@H](CC(C)C)NS(=O)(=O)c2ccc3c(c2)CCN3C(C)=O)cc1. The maximum Gasteiger partial charge on any atom is 0.241 e. The largest absolute Gasteiger partial charge is 0.497 e. The van der Waals surface area contributed by atoms with Gasteiger partial charge in [-0.1, -0.05) is 26.0 Å². The molecule has 2 aromatic carbocycles. The van der Waals surface area contributed by atoms with Crippen molar-refractivity contribution in [2.24, 2.45) is 5.92 Å². The van der Waals surface area contributed by atoms with E-state index in [1.807, 2.05) is 26.0 Å². The van der Waals surface area contributed by atoms with Gasteiger partial charge in [-0.25, -0.2) is 8.42 Å². The van der Waals surface area contributed by atoms with Gasteiger partial charge in [0.25, 0.3) is 0 Å². The number of nitrogens with one attached hydrogen (secondary N) is 2. The molecule has 3 rings (SSSR count). The zero-order chi connectivity index (χ0) is 24.2. The monoisotopic (exact) mass is 473 g/mol. The zero-order valence-corrected chi connectivity index (χ0v) is 20.2. The first-order valence-corrected chi connectivity index (χ1v) is 12.4. The molecule has 1 atom stereocenters. The molecule has 0 radical (unpaired) electrons. The molecular weight excluding hydrogens is 442 g/mol. The molecule has 0 aromatic heterocycles. The predicted octanol–water partition coefficient (Wildman–Crippen LogP) is 2.61. The molecule has 0 unspecified atom stereocenters. The number of carbonyl (C=O) groups excluding carboxylic acids is 2. The van der Waals surface area contributed by atoms with E-state index in [1.54, 1.807) is 36.3 Å². The number of nitrogens with zero attached hydrogens (tertiary/aromatic N) is 1. The molecule has 2 amide bonds. The van der Waals surface area contributed by atoms with Gasteiger partial charge in [0, 0.05) is 25.7 Å². The van der Waals surface area contributed by atoms with Gasteiger partial charge in [0.05, 0.1) is 12.0 Å². The second kappa shape index (κ2) is 10.4. The Balaban J connectivity index is 1.73. The fourth-order valence-electron chi connectivity index (χ4n) is 3.86. The van der Waals surface area contributed by atoms with Gasteiger partial charge >= 0.3 is 0 Å². The maximum absolute atomic E-state index is 13.1. The van der Waals surface area contributed by atoms with Crippen LogP contribution in [0.4, 0.5) is 5.69 Å². The summed E-state index contributed by atoms with van der Waals surface area (Å²) >= 11 is 0. The van der Waals surface area contributed by atoms with Crippen LogP contribution in [0.1, 0.15) is 38.3 Å². The van der Waals surface area contributed by atoms with E-state index in [1.165, 1.54) is 13.0 Å². The van der Waals surface area contributed by atoms with Gasteiger partial charge in [0.1, 0.15) is 11.8 Å². The van der Waals surface area contributed by atoms with Crippen LogP contribution < -0.4 is 19.7 Å². The Morgan fingerprint density at radius 2 is 1.82 bits per heavy atom. The van der Waals surface area contributed by atoms with Crippen LogP contribution in [0.2, 0.25) is 0 Å². The first-order chi connectivity index (χ1) is 15.6. The smallest absolute Gasteiger partial charge is 0.241 e. The summed E-state index contributed by atoms with van der Waals surface area (Å²) in [6.07, 6.45) is 0.951. The molecule has 0 saturated carbocycles. The molecule has 1 aliphatic rings.